The number of halogens is 3. The van der Waals surface area contributed by atoms with Gasteiger partial charge in [-0.25, -0.2) is 4.79 Å². The number of methoxy groups -OCH3 is 1. The van der Waals surface area contributed by atoms with Crippen LogP contribution in [0.2, 0.25) is 5.02 Å². The predicted octanol–water partition coefficient (Wildman–Crippen LogP) is 7.29. The highest BCUT2D eigenvalue weighted by Gasteiger charge is 2.62. The SMILES string of the molecule is COC(=O)c1ccc(Oc2ccc(I)cc2[C@H]2NC(=O)C[C@@H](C3C=CC=C(Cl)C3)[C@]23C(=O)Nc2cc(Cl)ccc23)cc1. The molecule has 7 nitrogen and oxygen atoms in total. The first kappa shape index (κ1) is 28.8. The quantitative estimate of drug-likeness (QED) is 0.214. The van der Waals surface area contributed by atoms with Gasteiger partial charge in [0.15, 0.2) is 0 Å². The van der Waals surface area contributed by atoms with Crippen LogP contribution < -0.4 is 15.4 Å². The first-order chi connectivity index (χ1) is 20.2. The molecular weight excluding hydrogens is 690 g/mol. The maximum absolute atomic E-state index is 14.4. The Bertz CT molecular complexity index is 1670. The largest absolute Gasteiger partial charge is 0.465 e. The van der Waals surface area contributed by atoms with Crippen molar-refractivity contribution in [1.29, 1.82) is 0 Å². The lowest BCUT2D eigenvalue weighted by molar-refractivity contribution is -0.135. The molecule has 4 atom stereocenters. The van der Waals surface area contributed by atoms with Crippen molar-refractivity contribution in [3.05, 3.63) is 109 Å². The van der Waals surface area contributed by atoms with Crippen LogP contribution in [0.3, 0.4) is 0 Å². The summed E-state index contributed by atoms with van der Waals surface area (Å²) in [6.07, 6.45) is 6.41. The topological polar surface area (TPSA) is 93.7 Å². The maximum atomic E-state index is 14.4. The smallest absolute Gasteiger partial charge is 0.337 e. The molecule has 0 bridgehead atoms. The minimum absolute atomic E-state index is 0.139. The first-order valence-electron chi connectivity index (χ1n) is 13.3. The number of fused-ring (bicyclic) bond motifs is 2. The van der Waals surface area contributed by atoms with Gasteiger partial charge in [0.05, 0.1) is 18.7 Å². The number of nitrogens with one attached hydrogen (secondary N) is 2. The zero-order valence-electron chi connectivity index (χ0n) is 22.3. The number of carbonyl (C=O) groups is 3. The molecule has 10 heteroatoms. The normalized spacial score (nSPS) is 24.5. The van der Waals surface area contributed by atoms with Crippen molar-refractivity contribution < 1.29 is 23.9 Å². The molecule has 1 spiro atoms. The zero-order valence-corrected chi connectivity index (χ0v) is 26.0. The number of hydrogen-bond acceptors (Lipinski definition) is 5. The van der Waals surface area contributed by atoms with Crippen LogP contribution in [0.15, 0.2) is 83.9 Å². The average molecular weight is 715 g/mol. The monoisotopic (exact) mass is 714 g/mol. The molecule has 214 valence electrons. The summed E-state index contributed by atoms with van der Waals surface area (Å²) in [4.78, 5) is 39.7. The Labute approximate surface area is 266 Å². The van der Waals surface area contributed by atoms with Gasteiger partial charge in [-0.05, 0) is 107 Å². The lowest BCUT2D eigenvalue weighted by Gasteiger charge is -2.49. The molecule has 42 heavy (non-hydrogen) atoms. The van der Waals surface area contributed by atoms with E-state index >= 15 is 0 Å². The second-order valence-electron chi connectivity index (χ2n) is 10.5. The summed E-state index contributed by atoms with van der Waals surface area (Å²) in [6.45, 7) is 0. The molecule has 1 saturated heterocycles. The van der Waals surface area contributed by atoms with Crippen molar-refractivity contribution in [2.45, 2.75) is 24.3 Å². The van der Waals surface area contributed by atoms with Gasteiger partial charge in [0.25, 0.3) is 0 Å². The van der Waals surface area contributed by atoms with Crippen LogP contribution in [0.5, 0.6) is 11.5 Å². The Kier molecular flexibility index (Phi) is 7.80. The summed E-state index contributed by atoms with van der Waals surface area (Å²) in [5.41, 5.74) is 1.23. The number of rotatable bonds is 5. The number of esters is 1. The molecule has 6 rings (SSSR count). The van der Waals surface area contributed by atoms with Crippen LogP contribution in [-0.4, -0.2) is 24.9 Å². The fraction of sp³-hybridized carbons (Fsp3) is 0.219. The fourth-order valence-electron chi connectivity index (χ4n) is 6.39. The lowest BCUT2D eigenvalue weighted by Crippen LogP contribution is -2.59. The highest BCUT2D eigenvalue weighted by Crippen LogP contribution is 2.58. The molecule has 2 heterocycles. The van der Waals surface area contributed by atoms with E-state index in [-0.39, 0.29) is 24.2 Å². The highest BCUT2D eigenvalue weighted by molar-refractivity contribution is 14.1. The van der Waals surface area contributed by atoms with Gasteiger partial charge in [0, 0.05) is 31.3 Å². The Hall–Kier alpha value is -3.34. The molecule has 0 aromatic heterocycles. The molecule has 3 aliphatic rings. The molecule has 0 radical (unpaired) electrons. The van der Waals surface area contributed by atoms with Crippen molar-refractivity contribution in [2.75, 3.05) is 12.4 Å². The standard InChI is InChI=1S/C32H25Cl2IN2O5/c1-41-30(39)17-5-9-22(10-6-17)42-27-12-8-21(35)15-23(27)29-32(24-11-7-20(34)14-26(24)36-31(32)40)25(16-28(38)37-29)18-3-2-4-19(33)13-18/h2-12,14-15,18,25,29H,13,16H2,1H3,(H,36,40)(H,37,38)/t18?,25-,29+,32-/m0/s1. The van der Waals surface area contributed by atoms with E-state index in [4.69, 9.17) is 32.7 Å². The molecular formula is C32H25Cl2IN2O5. The van der Waals surface area contributed by atoms with E-state index in [9.17, 15) is 14.4 Å². The summed E-state index contributed by atoms with van der Waals surface area (Å²) in [6, 6.07) is 16.8. The Morgan fingerprint density at radius 3 is 2.55 bits per heavy atom. The summed E-state index contributed by atoms with van der Waals surface area (Å²) in [7, 11) is 1.32. The van der Waals surface area contributed by atoms with Crippen molar-refractivity contribution in [2.24, 2.45) is 11.8 Å². The number of benzene rings is 3. The third-order valence-electron chi connectivity index (χ3n) is 8.17. The number of hydrogen-bond donors (Lipinski definition) is 2. The second-order valence-corrected chi connectivity index (χ2v) is 12.7. The van der Waals surface area contributed by atoms with E-state index < -0.39 is 23.3 Å². The van der Waals surface area contributed by atoms with Crippen LogP contribution in [0.25, 0.3) is 0 Å². The summed E-state index contributed by atoms with van der Waals surface area (Å²) in [5.74, 6) is -0.471. The molecule has 3 aromatic carbocycles. The van der Waals surface area contributed by atoms with Crippen LogP contribution in [0.1, 0.15) is 40.4 Å². The Morgan fingerprint density at radius 2 is 1.81 bits per heavy atom. The molecule has 1 aliphatic carbocycles. The maximum Gasteiger partial charge on any atom is 0.337 e. The highest BCUT2D eigenvalue weighted by atomic mass is 127. The Balaban J connectivity index is 1.51. The van der Waals surface area contributed by atoms with E-state index in [0.29, 0.717) is 44.8 Å². The molecule has 3 aromatic rings. The van der Waals surface area contributed by atoms with Crippen LogP contribution in [0.4, 0.5) is 5.69 Å². The third kappa shape index (κ3) is 4.99. The van der Waals surface area contributed by atoms with E-state index in [0.717, 1.165) is 9.13 Å². The van der Waals surface area contributed by atoms with E-state index in [2.05, 4.69) is 33.2 Å². The van der Waals surface area contributed by atoms with Gasteiger partial charge in [0.1, 0.15) is 16.9 Å². The number of anilines is 1. The molecule has 1 unspecified atom stereocenters. The minimum atomic E-state index is -1.19. The van der Waals surface area contributed by atoms with Crippen molar-refractivity contribution in [3.8, 4) is 11.5 Å². The van der Waals surface area contributed by atoms with E-state index in [1.54, 1.807) is 36.4 Å². The molecule has 2 N–H and O–H groups in total. The Morgan fingerprint density at radius 1 is 1.02 bits per heavy atom. The van der Waals surface area contributed by atoms with Crippen LogP contribution >= 0.6 is 45.8 Å². The number of ether oxygens (including phenoxy) is 2. The fourth-order valence-corrected chi connectivity index (χ4v) is 7.32. The zero-order chi connectivity index (χ0) is 29.6. The average Bonchev–Trinajstić information content (AvgIpc) is 3.25. The van der Waals surface area contributed by atoms with Gasteiger partial charge in [-0.3, -0.25) is 9.59 Å². The molecule has 1 fully saturated rings. The van der Waals surface area contributed by atoms with Gasteiger partial charge in [-0.15, -0.1) is 0 Å². The van der Waals surface area contributed by atoms with Gasteiger partial charge >= 0.3 is 5.97 Å². The predicted molar refractivity (Wildman–Crippen MR) is 169 cm³/mol. The van der Waals surface area contributed by atoms with Crippen molar-refractivity contribution in [1.82, 2.24) is 5.32 Å². The number of allylic oxidation sites excluding steroid dienone is 4. The third-order valence-corrected chi connectivity index (χ3v) is 9.36. The summed E-state index contributed by atoms with van der Waals surface area (Å²) >= 11 is 15.0. The van der Waals surface area contributed by atoms with Crippen molar-refractivity contribution >= 4 is 69.3 Å². The van der Waals surface area contributed by atoms with Gasteiger partial charge in [-0.2, -0.15) is 0 Å². The molecule has 2 amide bonds. The lowest BCUT2D eigenvalue weighted by atomic mass is 9.57. The number of piperidine rings is 1. The summed E-state index contributed by atoms with van der Waals surface area (Å²) in [5, 5.41) is 7.40. The molecule has 2 aliphatic heterocycles. The van der Waals surface area contributed by atoms with Crippen LogP contribution in [0, 0.1) is 15.4 Å². The van der Waals surface area contributed by atoms with E-state index in [1.807, 2.05) is 42.5 Å². The van der Waals surface area contributed by atoms with Gasteiger partial charge < -0.3 is 20.1 Å². The molecule has 0 saturated carbocycles. The number of amides is 2. The number of carbonyl (C=O) groups excluding carboxylic acids is 3. The van der Waals surface area contributed by atoms with Crippen molar-refractivity contribution in [3.63, 3.8) is 0 Å². The second kappa shape index (κ2) is 11.4. The van der Waals surface area contributed by atoms with Gasteiger partial charge in [-0.1, -0.05) is 41.4 Å². The first-order valence-corrected chi connectivity index (χ1v) is 15.1. The van der Waals surface area contributed by atoms with Crippen LogP contribution in [-0.2, 0) is 19.7 Å². The van der Waals surface area contributed by atoms with Gasteiger partial charge in [0.2, 0.25) is 11.8 Å². The summed E-state index contributed by atoms with van der Waals surface area (Å²) < 4.78 is 12.1. The van der Waals surface area contributed by atoms with E-state index in [1.165, 1.54) is 7.11 Å². The minimum Gasteiger partial charge on any atom is -0.465 e.